The molecule has 17 heavy (non-hydrogen) atoms. The van der Waals surface area contributed by atoms with Gasteiger partial charge in [0, 0.05) is 12.2 Å². The summed E-state index contributed by atoms with van der Waals surface area (Å²) in [5.41, 5.74) is 2.36. The summed E-state index contributed by atoms with van der Waals surface area (Å²) in [5, 5.41) is 3.02. The Morgan fingerprint density at radius 1 is 1.47 bits per heavy atom. The van der Waals surface area contributed by atoms with Crippen molar-refractivity contribution in [2.75, 3.05) is 18.5 Å². The second kappa shape index (κ2) is 4.88. The van der Waals surface area contributed by atoms with Crippen LogP contribution in [0.15, 0.2) is 24.3 Å². The number of carbonyl (C=O) groups excluding carboxylic acids is 1. The number of nitrogens with zero attached hydrogens (tertiary/aromatic N) is 1. The smallest absolute Gasteiger partial charge is 0.243 e. The van der Waals surface area contributed by atoms with Gasteiger partial charge in [0.15, 0.2) is 0 Å². The van der Waals surface area contributed by atoms with E-state index in [-0.39, 0.29) is 11.9 Å². The molecule has 92 valence electrons. The number of benzene rings is 1. The van der Waals surface area contributed by atoms with Gasteiger partial charge in [-0.05, 0) is 37.9 Å². The van der Waals surface area contributed by atoms with Gasteiger partial charge in [0.2, 0.25) is 5.91 Å². The minimum atomic E-state index is -0.131. The Morgan fingerprint density at radius 2 is 2.18 bits per heavy atom. The SMILES string of the molecule is CNC(C)C(=O)N1CC(C)Cc2ccccc21. The van der Waals surface area contributed by atoms with Gasteiger partial charge in [0.25, 0.3) is 0 Å². The van der Waals surface area contributed by atoms with Crippen molar-refractivity contribution in [1.29, 1.82) is 0 Å². The van der Waals surface area contributed by atoms with Gasteiger partial charge < -0.3 is 10.2 Å². The van der Waals surface area contributed by atoms with Crippen molar-refractivity contribution in [3.05, 3.63) is 29.8 Å². The molecule has 1 aromatic carbocycles. The van der Waals surface area contributed by atoms with Crippen molar-refractivity contribution in [2.24, 2.45) is 5.92 Å². The van der Waals surface area contributed by atoms with Crippen LogP contribution in [0.3, 0.4) is 0 Å². The third-order valence-electron chi connectivity index (χ3n) is 3.41. The number of carbonyl (C=O) groups is 1. The van der Waals surface area contributed by atoms with Crippen LogP contribution in [0.2, 0.25) is 0 Å². The monoisotopic (exact) mass is 232 g/mol. The Balaban J connectivity index is 2.32. The predicted octanol–water partition coefficient (Wildman–Crippen LogP) is 1.82. The van der Waals surface area contributed by atoms with E-state index in [0.717, 1.165) is 18.7 Å². The van der Waals surface area contributed by atoms with E-state index in [9.17, 15) is 4.79 Å². The molecule has 0 bridgehead atoms. The summed E-state index contributed by atoms with van der Waals surface area (Å²) < 4.78 is 0. The second-order valence-corrected chi connectivity index (χ2v) is 4.90. The molecule has 0 fully saturated rings. The molecular formula is C14H20N2O. The molecule has 0 aliphatic carbocycles. The van der Waals surface area contributed by atoms with E-state index < -0.39 is 0 Å². The van der Waals surface area contributed by atoms with Gasteiger partial charge >= 0.3 is 0 Å². The fourth-order valence-electron chi connectivity index (χ4n) is 2.36. The van der Waals surface area contributed by atoms with E-state index in [4.69, 9.17) is 0 Å². The van der Waals surface area contributed by atoms with Crippen molar-refractivity contribution < 1.29 is 4.79 Å². The number of anilines is 1. The summed E-state index contributed by atoms with van der Waals surface area (Å²) in [5.74, 6) is 0.685. The van der Waals surface area contributed by atoms with Gasteiger partial charge in [-0.1, -0.05) is 25.1 Å². The maximum absolute atomic E-state index is 12.3. The molecule has 1 heterocycles. The molecule has 1 aliphatic heterocycles. The number of amides is 1. The Morgan fingerprint density at radius 3 is 2.88 bits per heavy atom. The van der Waals surface area contributed by atoms with Gasteiger partial charge in [-0.15, -0.1) is 0 Å². The Bertz CT molecular complexity index is 416. The van der Waals surface area contributed by atoms with E-state index in [0.29, 0.717) is 5.92 Å². The molecule has 2 unspecified atom stereocenters. The van der Waals surface area contributed by atoms with Gasteiger partial charge in [-0.3, -0.25) is 4.79 Å². The van der Waals surface area contributed by atoms with Crippen LogP contribution in [0.1, 0.15) is 19.4 Å². The van der Waals surface area contributed by atoms with E-state index in [1.54, 1.807) is 0 Å². The lowest BCUT2D eigenvalue weighted by Gasteiger charge is -2.34. The van der Waals surface area contributed by atoms with Gasteiger partial charge in [-0.2, -0.15) is 0 Å². The first-order valence-corrected chi connectivity index (χ1v) is 6.20. The van der Waals surface area contributed by atoms with Gasteiger partial charge in [-0.25, -0.2) is 0 Å². The molecule has 3 heteroatoms. The van der Waals surface area contributed by atoms with Crippen molar-refractivity contribution >= 4 is 11.6 Å². The number of nitrogens with one attached hydrogen (secondary N) is 1. The minimum Gasteiger partial charge on any atom is -0.311 e. The molecule has 1 amide bonds. The van der Waals surface area contributed by atoms with E-state index in [1.807, 2.05) is 37.1 Å². The lowest BCUT2D eigenvalue weighted by Crippen LogP contribution is -2.47. The maximum atomic E-state index is 12.3. The lowest BCUT2D eigenvalue weighted by molar-refractivity contribution is -0.120. The summed E-state index contributed by atoms with van der Waals surface area (Å²) in [6.45, 7) is 4.92. The van der Waals surface area contributed by atoms with Crippen LogP contribution in [0, 0.1) is 5.92 Å². The minimum absolute atomic E-state index is 0.131. The number of hydrogen-bond donors (Lipinski definition) is 1. The standard InChI is InChI=1S/C14H20N2O/c1-10-8-12-6-4-5-7-13(12)16(9-10)14(17)11(2)15-3/h4-7,10-11,15H,8-9H2,1-3H3. The quantitative estimate of drug-likeness (QED) is 0.843. The average Bonchev–Trinajstić information content (AvgIpc) is 2.35. The zero-order valence-electron chi connectivity index (χ0n) is 10.7. The van der Waals surface area contributed by atoms with Crippen LogP contribution in [-0.2, 0) is 11.2 Å². The summed E-state index contributed by atoms with van der Waals surface area (Å²) in [6.07, 6.45) is 1.06. The molecule has 0 saturated carbocycles. The zero-order chi connectivity index (χ0) is 12.4. The third kappa shape index (κ3) is 2.34. The largest absolute Gasteiger partial charge is 0.311 e. The number of fused-ring (bicyclic) bond motifs is 1. The number of rotatable bonds is 2. The highest BCUT2D eigenvalue weighted by Gasteiger charge is 2.28. The van der Waals surface area contributed by atoms with Crippen LogP contribution >= 0.6 is 0 Å². The molecule has 0 saturated heterocycles. The number of hydrogen-bond acceptors (Lipinski definition) is 2. The van der Waals surface area contributed by atoms with Crippen LogP contribution in [0.25, 0.3) is 0 Å². The first-order chi connectivity index (χ1) is 8.13. The molecule has 2 atom stereocenters. The maximum Gasteiger partial charge on any atom is 0.243 e. The van der Waals surface area contributed by atoms with Crippen molar-refractivity contribution in [1.82, 2.24) is 5.32 Å². The topological polar surface area (TPSA) is 32.3 Å². The average molecular weight is 232 g/mol. The molecule has 1 aliphatic rings. The van der Waals surface area contributed by atoms with E-state index in [1.165, 1.54) is 5.56 Å². The number of likely N-dealkylation sites (N-methyl/N-ethyl adjacent to an activating group) is 1. The first-order valence-electron chi connectivity index (χ1n) is 6.20. The van der Waals surface area contributed by atoms with E-state index in [2.05, 4.69) is 18.3 Å². The second-order valence-electron chi connectivity index (χ2n) is 4.90. The Labute approximate surface area is 103 Å². The molecule has 1 N–H and O–H groups in total. The normalized spacial score (nSPS) is 20.9. The first kappa shape index (κ1) is 12.1. The van der Waals surface area contributed by atoms with Crippen LogP contribution in [0.5, 0.6) is 0 Å². The fraction of sp³-hybridized carbons (Fsp3) is 0.500. The van der Waals surface area contributed by atoms with Crippen molar-refractivity contribution in [2.45, 2.75) is 26.3 Å². The molecule has 0 spiro atoms. The summed E-state index contributed by atoms with van der Waals surface area (Å²) in [7, 11) is 1.82. The highest BCUT2D eigenvalue weighted by atomic mass is 16.2. The van der Waals surface area contributed by atoms with E-state index >= 15 is 0 Å². The predicted molar refractivity (Wildman–Crippen MR) is 70.2 cm³/mol. The van der Waals surface area contributed by atoms with Crippen LogP contribution in [-0.4, -0.2) is 25.5 Å². The number of para-hydroxylation sites is 1. The molecule has 0 radical (unpaired) electrons. The zero-order valence-corrected chi connectivity index (χ0v) is 10.7. The molecule has 3 nitrogen and oxygen atoms in total. The van der Waals surface area contributed by atoms with Gasteiger partial charge in [0.05, 0.1) is 6.04 Å². The Kier molecular flexibility index (Phi) is 3.48. The highest BCUT2D eigenvalue weighted by Crippen LogP contribution is 2.29. The van der Waals surface area contributed by atoms with Crippen LogP contribution < -0.4 is 10.2 Å². The fourth-order valence-corrected chi connectivity index (χ4v) is 2.36. The molecule has 2 rings (SSSR count). The third-order valence-corrected chi connectivity index (χ3v) is 3.41. The summed E-state index contributed by atoms with van der Waals surface area (Å²) >= 11 is 0. The molecular weight excluding hydrogens is 212 g/mol. The summed E-state index contributed by atoms with van der Waals surface area (Å²) in [4.78, 5) is 14.2. The van der Waals surface area contributed by atoms with Crippen molar-refractivity contribution in [3.8, 4) is 0 Å². The molecule has 1 aromatic rings. The van der Waals surface area contributed by atoms with Crippen molar-refractivity contribution in [3.63, 3.8) is 0 Å². The Hall–Kier alpha value is -1.35. The van der Waals surface area contributed by atoms with Crippen LogP contribution in [0.4, 0.5) is 5.69 Å². The highest BCUT2D eigenvalue weighted by molar-refractivity contribution is 5.98. The van der Waals surface area contributed by atoms with Gasteiger partial charge in [0.1, 0.15) is 0 Å². The lowest BCUT2D eigenvalue weighted by atomic mass is 9.93. The summed E-state index contributed by atoms with van der Waals surface area (Å²) in [6, 6.07) is 8.07. The molecule has 0 aromatic heterocycles.